The average Bonchev–Trinajstić information content (AvgIpc) is 2.51. The number of nitrogens with zero attached hydrogens (tertiary/aromatic N) is 3. The van der Waals surface area contributed by atoms with Gasteiger partial charge < -0.3 is 10.8 Å². The first-order chi connectivity index (χ1) is 6.33. The number of hydrogen-bond donors (Lipinski definition) is 2. The summed E-state index contributed by atoms with van der Waals surface area (Å²) in [5.74, 6) is 0. The number of aromatic nitrogens is 3. The second-order valence-electron chi connectivity index (χ2n) is 2.75. The highest BCUT2D eigenvalue weighted by atomic mass is 16.3. The van der Waals surface area contributed by atoms with Crippen LogP contribution in [0.1, 0.15) is 0 Å². The van der Waals surface area contributed by atoms with Crippen molar-refractivity contribution in [2.24, 2.45) is 0 Å². The van der Waals surface area contributed by atoms with Gasteiger partial charge in [0.1, 0.15) is 5.52 Å². The Morgan fingerprint density at radius 2 is 2.31 bits per heavy atom. The van der Waals surface area contributed by atoms with E-state index in [1.54, 1.807) is 10.7 Å². The smallest absolute Gasteiger partial charge is 0.136 e. The van der Waals surface area contributed by atoms with Crippen molar-refractivity contribution in [1.29, 1.82) is 0 Å². The minimum Gasteiger partial charge on any atom is -0.397 e. The van der Waals surface area contributed by atoms with Crippen molar-refractivity contribution in [2.75, 3.05) is 12.3 Å². The maximum Gasteiger partial charge on any atom is 0.136 e. The van der Waals surface area contributed by atoms with Gasteiger partial charge in [0.05, 0.1) is 24.4 Å². The van der Waals surface area contributed by atoms with Crippen molar-refractivity contribution in [3.63, 3.8) is 0 Å². The number of fused-ring (bicyclic) bond motifs is 1. The van der Waals surface area contributed by atoms with Crippen molar-refractivity contribution in [2.45, 2.75) is 6.54 Å². The first-order valence-corrected chi connectivity index (χ1v) is 4.01. The van der Waals surface area contributed by atoms with Crippen molar-refractivity contribution in [3.05, 3.63) is 18.2 Å². The van der Waals surface area contributed by atoms with E-state index in [4.69, 9.17) is 10.8 Å². The lowest BCUT2D eigenvalue weighted by atomic mass is 10.3. The monoisotopic (exact) mass is 178 g/mol. The number of hydrogen-bond acceptors (Lipinski definition) is 4. The number of benzene rings is 1. The third-order valence-electron chi connectivity index (χ3n) is 1.89. The van der Waals surface area contributed by atoms with Crippen molar-refractivity contribution < 1.29 is 5.11 Å². The van der Waals surface area contributed by atoms with Crippen LogP contribution in [0.2, 0.25) is 0 Å². The van der Waals surface area contributed by atoms with E-state index in [1.165, 1.54) is 0 Å². The van der Waals surface area contributed by atoms with Crippen LogP contribution < -0.4 is 5.73 Å². The number of aliphatic hydroxyl groups is 1. The molecule has 3 N–H and O–H groups in total. The minimum absolute atomic E-state index is 0.0489. The second kappa shape index (κ2) is 3.02. The largest absolute Gasteiger partial charge is 0.397 e. The van der Waals surface area contributed by atoms with Crippen molar-refractivity contribution in [1.82, 2.24) is 15.0 Å². The van der Waals surface area contributed by atoms with E-state index in [9.17, 15) is 0 Å². The lowest BCUT2D eigenvalue weighted by Gasteiger charge is -1.98. The number of nitrogen functional groups attached to an aromatic ring is 1. The highest BCUT2D eigenvalue weighted by Crippen LogP contribution is 2.16. The fourth-order valence-corrected chi connectivity index (χ4v) is 1.27. The fourth-order valence-electron chi connectivity index (χ4n) is 1.27. The van der Waals surface area contributed by atoms with E-state index in [2.05, 4.69) is 10.3 Å². The average molecular weight is 178 g/mol. The van der Waals surface area contributed by atoms with Gasteiger partial charge in [-0.05, 0) is 12.1 Å². The number of rotatable bonds is 2. The first-order valence-electron chi connectivity index (χ1n) is 4.01. The van der Waals surface area contributed by atoms with Crippen molar-refractivity contribution in [3.8, 4) is 0 Å². The molecular formula is C8H10N4O. The Bertz CT molecular complexity index is 423. The second-order valence-corrected chi connectivity index (χ2v) is 2.75. The molecule has 13 heavy (non-hydrogen) atoms. The Morgan fingerprint density at radius 1 is 1.46 bits per heavy atom. The quantitative estimate of drug-likeness (QED) is 0.635. The summed E-state index contributed by atoms with van der Waals surface area (Å²) in [5.41, 5.74) is 7.85. The molecule has 68 valence electrons. The molecule has 2 rings (SSSR count). The molecule has 0 spiro atoms. The molecule has 0 radical (unpaired) electrons. The van der Waals surface area contributed by atoms with Crippen LogP contribution in [0.15, 0.2) is 18.2 Å². The maximum absolute atomic E-state index is 8.75. The zero-order valence-corrected chi connectivity index (χ0v) is 7.01. The standard InChI is InChI=1S/C8H10N4O/c9-6-2-1-3-7-8(6)10-11-12(7)4-5-13/h1-3,13H,4-5,9H2. The van der Waals surface area contributed by atoms with Gasteiger partial charge in [0.15, 0.2) is 0 Å². The highest BCUT2D eigenvalue weighted by molar-refractivity contribution is 5.86. The Kier molecular flexibility index (Phi) is 1.86. The molecule has 1 aromatic carbocycles. The fraction of sp³-hybridized carbons (Fsp3) is 0.250. The summed E-state index contributed by atoms with van der Waals surface area (Å²) in [7, 11) is 0. The summed E-state index contributed by atoms with van der Waals surface area (Å²) in [6, 6.07) is 5.50. The summed E-state index contributed by atoms with van der Waals surface area (Å²) in [6.45, 7) is 0.493. The highest BCUT2D eigenvalue weighted by Gasteiger charge is 2.05. The van der Waals surface area contributed by atoms with Crippen LogP contribution in [0, 0.1) is 0 Å². The third kappa shape index (κ3) is 1.23. The molecule has 5 heteroatoms. The van der Waals surface area contributed by atoms with Crippen LogP contribution in [-0.2, 0) is 6.54 Å². The Balaban J connectivity index is 2.61. The molecule has 0 amide bonds. The minimum atomic E-state index is 0.0489. The molecule has 0 bridgehead atoms. The SMILES string of the molecule is Nc1cccc2c1nnn2CCO. The zero-order chi connectivity index (χ0) is 9.26. The van der Waals surface area contributed by atoms with E-state index < -0.39 is 0 Å². The van der Waals surface area contributed by atoms with Crippen LogP contribution in [0.3, 0.4) is 0 Å². The number of nitrogens with two attached hydrogens (primary N) is 1. The van der Waals surface area contributed by atoms with Crippen LogP contribution in [-0.4, -0.2) is 26.7 Å². The van der Waals surface area contributed by atoms with Gasteiger partial charge in [0.2, 0.25) is 0 Å². The lowest BCUT2D eigenvalue weighted by molar-refractivity contribution is 0.270. The Hall–Kier alpha value is -1.62. The van der Waals surface area contributed by atoms with Gasteiger partial charge in [-0.3, -0.25) is 0 Å². The van der Waals surface area contributed by atoms with Gasteiger partial charge in [-0.2, -0.15) is 0 Å². The van der Waals surface area contributed by atoms with E-state index >= 15 is 0 Å². The molecular weight excluding hydrogens is 168 g/mol. The van der Waals surface area contributed by atoms with Gasteiger partial charge in [-0.1, -0.05) is 11.3 Å². The molecule has 0 aliphatic heterocycles. The van der Waals surface area contributed by atoms with Crippen LogP contribution in [0.25, 0.3) is 11.0 Å². The lowest BCUT2D eigenvalue weighted by Crippen LogP contribution is -2.03. The molecule has 0 saturated carbocycles. The third-order valence-corrected chi connectivity index (χ3v) is 1.89. The maximum atomic E-state index is 8.75. The number of aliphatic hydroxyl groups excluding tert-OH is 1. The molecule has 1 aromatic heterocycles. The Morgan fingerprint density at radius 3 is 3.08 bits per heavy atom. The molecule has 5 nitrogen and oxygen atoms in total. The summed E-state index contributed by atoms with van der Waals surface area (Å²) in [4.78, 5) is 0. The van der Waals surface area contributed by atoms with Crippen molar-refractivity contribution >= 4 is 16.7 Å². The normalized spacial score (nSPS) is 10.8. The summed E-state index contributed by atoms with van der Waals surface area (Å²) >= 11 is 0. The predicted molar refractivity (Wildman–Crippen MR) is 49.0 cm³/mol. The van der Waals surface area contributed by atoms with Gasteiger partial charge in [-0.15, -0.1) is 5.10 Å². The molecule has 0 saturated heterocycles. The van der Waals surface area contributed by atoms with E-state index in [-0.39, 0.29) is 6.61 Å². The number of anilines is 1. The molecule has 0 fully saturated rings. The first kappa shape index (κ1) is 8.00. The Labute approximate surface area is 74.8 Å². The van der Waals surface area contributed by atoms with Gasteiger partial charge >= 0.3 is 0 Å². The van der Waals surface area contributed by atoms with E-state index in [1.807, 2.05) is 12.1 Å². The molecule has 2 aromatic rings. The van der Waals surface area contributed by atoms with Crippen LogP contribution in [0.5, 0.6) is 0 Å². The van der Waals surface area contributed by atoms with Gasteiger partial charge in [-0.25, -0.2) is 4.68 Å². The zero-order valence-electron chi connectivity index (χ0n) is 7.01. The summed E-state index contributed by atoms with van der Waals surface area (Å²) in [5, 5.41) is 16.5. The molecule has 0 atom stereocenters. The summed E-state index contributed by atoms with van der Waals surface area (Å²) in [6.07, 6.45) is 0. The van der Waals surface area contributed by atoms with E-state index in [0.717, 1.165) is 5.52 Å². The molecule has 0 unspecified atom stereocenters. The topological polar surface area (TPSA) is 77.0 Å². The van der Waals surface area contributed by atoms with Gasteiger partial charge in [0.25, 0.3) is 0 Å². The van der Waals surface area contributed by atoms with E-state index in [0.29, 0.717) is 17.7 Å². The molecule has 1 heterocycles. The van der Waals surface area contributed by atoms with Crippen LogP contribution >= 0.6 is 0 Å². The van der Waals surface area contributed by atoms with Crippen LogP contribution in [0.4, 0.5) is 5.69 Å². The molecule has 0 aliphatic rings. The van der Waals surface area contributed by atoms with Gasteiger partial charge in [0, 0.05) is 0 Å². The molecule has 0 aliphatic carbocycles. The predicted octanol–water partition coefficient (Wildman–Crippen LogP) is 0.00580. The summed E-state index contributed by atoms with van der Waals surface area (Å²) < 4.78 is 1.63.